The normalized spacial score (nSPS) is 15.3. The minimum atomic E-state index is 0.207. The molecule has 33 heavy (non-hydrogen) atoms. The zero-order valence-corrected chi connectivity index (χ0v) is 21.4. The fraction of sp³-hybridized carbons (Fsp3) is 0.576. The van der Waals surface area contributed by atoms with E-state index in [9.17, 15) is 0 Å². The number of hydrogen-bond donors (Lipinski definition) is 0. The van der Waals surface area contributed by atoms with Crippen LogP contribution in [0.1, 0.15) is 126 Å². The number of fused-ring (bicyclic) bond motifs is 5. The summed E-state index contributed by atoms with van der Waals surface area (Å²) in [5.41, 5.74) is 9.55. The van der Waals surface area contributed by atoms with Crippen LogP contribution in [0.25, 0.3) is 11.1 Å². The third-order valence-electron chi connectivity index (χ3n) is 8.23. The Balaban J connectivity index is 1.44. The van der Waals surface area contributed by atoms with Crippen LogP contribution in [-0.2, 0) is 18.3 Å². The smallest absolute Gasteiger partial charge is 0.0284 e. The Morgan fingerprint density at radius 1 is 0.545 bits per heavy atom. The summed E-state index contributed by atoms with van der Waals surface area (Å²) >= 11 is 0. The first kappa shape index (κ1) is 24.3. The van der Waals surface area contributed by atoms with Crippen molar-refractivity contribution in [2.24, 2.45) is 0 Å². The van der Waals surface area contributed by atoms with Crippen LogP contribution < -0.4 is 0 Å². The van der Waals surface area contributed by atoms with E-state index in [0.29, 0.717) is 0 Å². The van der Waals surface area contributed by atoms with Gasteiger partial charge >= 0.3 is 0 Å². The van der Waals surface area contributed by atoms with E-state index in [0.717, 1.165) is 0 Å². The second-order valence-electron chi connectivity index (χ2n) is 10.8. The lowest BCUT2D eigenvalue weighted by Gasteiger charge is -2.27. The van der Waals surface area contributed by atoms with Gasteiger partial charge in [0.15, 0.2) is 0 Å². The van der Waals surface area contributed by atoms with Gasteiger partial charge in [0.2, 0.25) is 0 Å². The number of unbranched alkanes of at least 4 members (excludes halogenated alkanes) is 10. The molecule has 0 nitrogen and oxygen atoms in total. The number of allylic oxidation sites excluding steroid dienone is 2. The van der Waals surface area contributed by atoms with Crippen molar-refractivity contribution in [2.75, 3.05) is 0 Å². The van der Waals surface area contributed by atoms with Gasteiger partial charge in [0.25, 0.3) is 0 Å². The summed E-state index contributed by atoms with van der Waals surface area (Å²) in [5, 5.41) is 0. The summed E-state index contributed by atoms with van der Waals surface area (Å²) < 4.78 is 0. The highest BCUT2D eigenvalue weighted by Gasteiger charge is 2.43. The van der Waals surface area contributed by atoms with E-state index >= 15 is 0 Å². The summed E-state index contributed by atoms with van der Waals surface area (Å²) in [6.45, 7) is 4.60. The van der Waals surface area contributed by atoms with Gasteiger partial charge in [-0.25, -0.2) is 0 Å². The topological polar surface area (TPSA) is 0 Å². The molecular weight excluding hydrogens is 396 g/mol. The molecule has 4 rings (SSSR count). The molecule has 0 bridgehead atoms. The van der Waals surface area contributed by atoms with E-state index in [1.807, 2.05) is 0 Å². The monoisotopic (exact) mass is 442 g/mol. The molecule has 0 unspecified atom stereocenters. The van der Waals surface area contributed by atoms with Gasteiger partial charge < -0.3 is 0 Å². The van der Waals surface area contributed by atoms with E-state index in [-0.39, 0.29) is 5.41 Å². The summed E-state index contributed by atoms with van der Waals surface area (Å²) in [4.78, 5) is 0. The Morgan fingerprint density at radius 2 is 0.970 bits per heavy atom. The Labute approximate surface area is 203 Å². The molecule has 2 aliphatic carbocycles. The highest BCUT2D eigenvalue weighted by Crippen LogP contribution is 2.55. The van der Waals surface area contributed by atoms with Gasteiger partial charge in [-0.05, 0) is 71.9 Å². The first-order valence-electron chi connectivity index (χ1n) is 14.2. The molecule has 2 aromatic rings. The highest BCUT2D eigenvalue weighted by atomic mass is 14.5. The van der Waals surface area contributed by atoms with Gasteiger partial charge in [0, 0.05) is 5.41 Å². The van der Waals surface area contributed by atoms with E-state index in [2.05, 4.69) is 62.4 Å². The molecule has 0 heteroatoms. The second-order valence-corrected chi connectivity index (χ2v) is 10.8. The molecule has 0 saturated carbocycles. The maximum atomic E-state index is 2.59. The highest BCUT2D eigenvalue weighted by molar-refractivity contribution is 5.82. The van der Waals surface area contributed by atoms with Crippen LogP contribution in [0.2, 0.25) is 0 Å². The van der Waals surface area contributed by atoms with E-state index in [1.54, 1.807) is 22.3 Å². The molecule has 2 aromatic carbocycles. The zero-order chi connectivity index (χ0) is 22.9. The van der Waals surface area contributed by atoms with Crippen LogP contribution in [0.3, 0.4) is 0 Å². The molecule has 1 spiro atoms. The lowest BCUT2D eigenvalue weighted by Crippen LogP contribution is -2.21. The fourth-order valence-corrected chi connectivity index (χ4v) is 6.21. The fourth-order valence-electron chi connectivity index (χ4n) is 6.21. The number of aryl methyl sites for hydroxylation is 2. The summed E-state index contributed by atoms with van der Waals surface area (Å²) in [5.74, 6) is 0. The number of hydrogen-bond acceptors (Lipinski definition) is 0. The van der Waals surface area contributed by atoms with Crippen molar-refractivity contribution < 1.29 is 0 Å². The lowest BCUT2D eigenvalue weighted by atomic mass is 9.75. The summed E-state index contributed by atoms with van der Waals surface area (Å²) in [7, 11) is 0. The SMILES string of the molecule is CCCCCCCCc1ccc2c(c1)C1(CC=CC1)c1cc(CCCCCCCC)ccc1-2. The summed E-state index contributed by atoms with van der Waals surface area (Å²) in [6.07, 6.45) is 26.2. The molecule has 0 amide bonds. The second kappa shape index (κ2) is 12.0. The molecule has 0 atom stereocenters. The zero-order valence-electron chi connectivity index (χ0n) is 21.4. The van der Waals surface area contributed by atoms with Crippen molar-refractivity contribution in [3.05, 3.63) is 70.8 Å². The first-order valence-corrected chi connectivity index (χ1v) is 14.2. The van der Waals surface area contributed by atoms with Crippen LogP contribution in [0, 0.1) is 0 Å². The van der Waals surface area contributed by atoms with E-state index in [4.69, 9.17) is 0 Å². The van der Waals surface area contributed by atoms with E-state index in [1.165, 1.54) is 114 Å². The first-order chi connectivity index (χ1) is 16.3. The third-order valence-corrected chi connectivity index (χ3v) is 8.23. The van der Waals surface area contributed by atoms with Crippen molar-refractivity contribution in [2.45, 2.75) is 122 Å². The van der Waals surface area contributed by atoms with Crippen LogP contribution in [0.4, 0.5) is 0 Å². The molecule has 2 aliphatic rings. The Morgan fingerprint density at radius 3 is 1.42 bits per heavy atom. The predicted molar refractivity (Wildman–Crippen MR) is 145 cm³/mol. The van der Waals surface area contributed by atoms with E-state index < -0.39 is 0 Å². The third kappa shape index (κ3) is 5.64. The van der Waals surface area contributed by atoms with Crippen LogP contribution >= 0.6 is 0 Å². The Hall–Kier alpha value is -1.82. The summed E-state index contributed by atoms with van der Waals surface area (Å²) in [6, 6.07) is 14.9. The van der Waals surface area contributed by atoms with Crippen molar-refractivity contribution >= 4 is 0 Å². The van der Waals surface area contributed by atoms with Crippen molar-refractivity contribution in [3.63, 3.8) is 0 Å². The van der Waals surface area contributed by atoms with Gasteiger partial charge in [-0.15, -0.1) is 0 Å². The van der Waals surface area contributed by atoms with Crippen molar-refractivity contribution in [1.29, 1.82) is 0 Å². The predicted octanol–water partition coefficient (Wildman–Crippen LogP) is 10.1. The molecule has 0 radical (unpaired) electrons. The van der Waals surface area contributed by atoms with Gasteiger partial charge in [0.1, 0.15) is 0 Å². The largest absolute Gasteiger partial charge is 0.0873 e. The Kier molecular flexibility index (Phi) is 8.88. The van der Waals surface area contributed by atoms with Crippen LogP contribution in [0.5, 0.6) is 0 Å². The van der Waals surface area contributed by atoms with Crippen LogP contribution in [-0.4, -0.2) is 0 Å². The standard InChI is InChI=1S/C33H46/c1-3-5-7-9-11-13-17-27-19-21-29-30-22-20-28(18-14-12-10-8-6-4-2)26-32(30)33(31(29)25-27)23-15-16-24-33/h15-16,19-22,25-26H,3-14,17-18,23-24H2,1-2H3. The number of rotatable bonds is 14. The maximum Gasteiger partial charge on any atom is 0.0284 e. The quantitative estimate of drug-likeness (QED) is 0.202. The van der Waals surface area contributed by atoms with Gasteiger partial charge in [-0.1, -0.05) is 127 Å². The van der Waals surface area contributed by atoms with Gasteiger partial charge in [-0.3, -0.25) is 0 Å². The minimum Gasteiger partial charge on any atom is -0.0873 e. The van der Waals surface area contributed by atoms with Crippen molar-refractivity contribution in [1.82, 2.24) is 0 Å². The molecule has 0 heterocycles. The lowest BCUT2D eigenvalue weighted by molar-refractivity contribution is 0.569. The van der Waals surface area contributed by atoms with Crippen molar-refractivity contribution in [3.8, 4) is 11.1 Å². The average Bonchev–Trinajstić information content (AvgIpc) is 3.43. The average molecular weight is 443 g/mol. The molecule has 0 aromatic heterocycles. The van der Waals surface area contributed by atoms with Gasteiger partial charge in [-0.2, -0.15) is 0 Å². The van der Waals surface area contributed by atoms with Gasteiger partial charge in [0.05, 0.1) is 0 Å². The molecule has 0 fully saturated rings. The molecule has 0 saturated heterocycles. The van der Waals surface area contributed by atoms with Crippen LogP contribution in [0.15, 0.2) is 48.6 Å². The molecular formula is C33H46. The number of benzene rings is 2. The molecule has 0 N–H and O–H groups in total. The molecule has 0 aliphatic heterocycles. The maximum absolute atomic E-state index is 2.59. The Bertz CT molecular complexity index is 840. The molecule has 178 valence electrons. The minimum absolute atomic E-state index is 0.207.